The largest absolute Gasteiger partial charge is 0.303 e. The molecule has 0 aliphatic rings. The van der Waals surface area contributed by atoms with Gasteiger partial charge in [0.25, 0.3) is 0 Å². The van der Waals surface area contributed by atoms with Crippen molar-refractivity contribution < 1.29 is 4.79 Å². The zero-order chi connectivity index (χ0) is 8.97. The second-order valence-corrected chi connectivity index (χ2v) is 2.65. The van der Waals surface area contributed by atoms with Gasteiger partial charge < -0.3 is 4.79 Å². The molecule has 64 valence electrons. The van der Waals surface area contributed by atoms with Gasteiger partial charge in [-0.05, 0) is 6.92 Å². The maximum absolute atomic E-state index is 10.0. The van der Waals surface area contributed by atoms with Crippen LogP contribution in [-0.4, -0.2) is 16.1 Å². The molecule has 3 heteroatoms. The minimum absolute atomic E-state index is 0.467. The summed E-state index contributed by atoms with van der Waals surface area (Å²) in [7, 11) is 1.88. The van der Waals surface area contributed by atoms with E-state index in [2.05, 4.69) is 5.10 Å². The molecule has 0 unspecified atom stereocenters. The fourth-order valence-electron chi connectivity index (χ4n) is 1.03. The lowest BCUT2D eigenvalue weighted by molar-refractivity contribution is -0.107. The van der Waals surface area contributed by atoms with Crippen molar-refractivity contribution in [3.8, 4) is 0 Å². The number of aryl methyl sites for hydroxylation is 2. The summed E-state index contributed by atoms with van der Waals surface area (Å²) < 4.78 is 1.76. The number of hydrogen-bond acceptors (Lipinski definition) is 2. The first-order valence-corrected chi connectivity index (χ1v) is 3.84. The summed E-state index contributed by atoms with van der Waals surface area (Å²) in [5, 5.41) is 4.17. The molecule has 0 radical (unpaired) electrons. The lowest BCUT2D eigenvalue weighted by Gasteiger charge is -1.84. The topological polar surface area (TPSA) is 34.9 Å². The van der Waals surface area contributed by atoms with Crippen LogP contribution in [0.4, 0.5) is 0 Å². The Kier molecular flexibility index (Phi) is 2.80. The van der Waals surface area contributed by atoms with Gasteiger partial charge in [0.2, 0.25) is 0 Å². The highest BCUT2D eigenvalue weighted by molar-refractivity contribution is 5.58. The highest BCUT2D eigenvalue weighted by atomic mass is 16.1. The van der Waals surface area contributed by atoms with Crippen LogP contribution >= 0.6 is 0 Å². The van der Waals surface area contributed by atoms with E-state index in [4.69, 9.17) is 0 Å². The number of nitrogens with zero attached hydrogens (tertiary/aromatic N) is 2. The van der Waals surface area contributed by atoms with Crippen LogP contribution in [0.3, 0.4) is 0 Å². The molecule has 0 aliphatic carbocycles. The van der Waals surface area contributed by atoms with E-state index in [1.807, 2.05) is 32.3 Å². The van der Waals surface area contributed by atoms with E-state index >= 15 is 0 Å². The van der Waals surface area contributed by atoms with Crippen LogP contribution in [0.1, 0.15) is 17.7 Å². The number of rotatable bonds is 3. The molecule has 1 aromatic heterocycles. The highest BCUT2D eigenvalue weighted by Crippen LogP contribution is 2.06. The number of aldehydes is 1. The molecule has 0 atom stereocenters. The Labute approximate surface area is 71.7 Å². The van der Waals surface area contributed by atoms with Crippen molar-refractivity contribution in [2.75, 3.05) is 0 Å². The molecule has 0 saturated heterocycles. The lowest BCUT2D eigenvalue weighted by atomic mass is 10.2. The molecule has 0 bridgehead atoms. The maximum atomic E-state index is 10.0. The first-order chi connectivity index (χ1) is 5.74. The summed E-state index contributed by atoms with van der Waals surface area (Å²) in [6.45, 7) is 1.95. The second-order valence-electron chi connectivity index (χ2n) is 2.65. The monoisotopic (exact) mass is 164 g/mol. The van der Waals surface area contributed by atoms with E-state index in [-0.39, 0.29) is 0 Å². The van der Waals surface area contributed by atoms with Crippen LogP contribution < -0.4 is 0 Å². The third-order valence-corrected chi connectivity index (χ3v) is 1.58. The van der Waals surface area contributed by atoms with Gasteiger partial charge >= 0.3 is 0 Å². The van der Waals surface area contributed by atoms with Crippen LogP contribution in [0.2, 0.25) is 0 Å². The van der Waals surface area contributed by atoms with E-state index < -0.39 is 0 Å². The van der Waals surface area contributed by atoms with Gasteiger partial charge in [-0.25, -0.2) is 0 Å². The second kappa shape index (κ2) is 3.85. The Balaban J connectivity index is 2.74. The van der Waals surface area contributed by atoms with E-state index in [0.717, 1.165) is 17.5 Å². The van der Waals surface area contributed by atoms with Gasteiger partial charge in [-0.1, -0.05) is 12.2 Å². The average Bonchev–Trinajstić information content (AvgIpc) is 2.31. The molecule has 0 spiro atoms. The zero-order valence-electron chi connectivity index (χ0n) is 7.32. The van der Waals surface area contributed by atoms with Crippen molar-refractivity contribution in [3.63, 3.8) is 0 Å². The molecule has 1 aromatic rings. The molecule has 0 aromatic carbocycles. The van der Waals surface area contributed by atoms with Gasteiger partial charge in [-0.3, -0.25) is 4.68 Å². The molecule has 0 saturated carbocycles. The van der Waals surface area contributed by atoms with Gasteiger partial charge in [0.1, 0.15) is 6.29 Å². The normalized spacial score (nSPS) is 10.8. The molecule has 0 amide bonds. The molecular weight excluding hydrogens is 152 g/mol. The Bertz CT molecular complexity index is 299. The molecule has 0 fully saturated rings. The van der Waals surface area contributed by atoms with Crippen molar-refractivity contribution in [1.29, 1.82) is 0 Å². The lowest BCUT2D eigenvalue weighted by Crippen LogP contribution is -1.86. The fourth-order valence-corrected chi connectivity index (χ4v) is 1.03. The molecule has 0 aliphatic heterocycles. The minimum Gasteiger partial charge on any atom is -0.303 e. The first-order valence-electron chi connectivity index (χ1n) is 3.84. The number of allylic oxidation sites excluding steroid dienone is 1. The Hall–Kier alpha value is -1.38. The molecule has 1 heterocycles. The number of carbonyl (C=O) groups excluding carboxylic acids is 1. The number of hydrogen-bond donors (Lipinski definition) is 0. The SMILES string of the molecule is Cc1nn(C)cc1C=CCC=O. The van der Waals surface area contributed by atoms with E-state index in [0.29, 0.717) is 6.42 Å². The Morgan fingerprint density at radius 1 is 1.67 bits per heavy atom. The maximum Gasteiger partial charge on any atom is 0.123 e. The quantitative estimate of drug-likeness (QED) is 0.632. The van der Waals surface area contributed by atoms with Crippen LogP contribution in [0.25, 0.3) is 6.08 Å². The van der Waals surface area contributed by atoms with Crippen LogP contribution in [0.15, 0.2) is 12.3 Å². The summed E-state index contributed by atoms with van der Waals surface area (Å²) in [6, 6.07) is 0. The third kappa shape index (κ3) is 2.05. The summed E-state index contributed by atoms with van der Waals surface area (Å²) in [4.78, 5) is 10.0. The van der Waals surface area contributed by atoms with Gasteiger partial charge in [-0.15, -0.1) is 0 Å². The highest BCUT2D eigenvalue weighted by Gasteiger charge is 1.96. The van der Waals surface area contributed by atoms with E-state index in [9.17, 15) is 4.79 Å². The summed E-state index contributed by atoms with van der Waals surface area (Å²) in [6.07, 6.45) is 7.01. The summed E-state index contributed by atoms with van der Waals surface area (Å²) >= 11 is 0. The van der Waals surface area contributed by atoms with E-state index in [1.54, 1.807) is 4.68 Å². The molecule has 0 N–H and O–H groups in total. The van der Waals surface area contributed by atoms with Crippen LogP contribution in [-0.2, 0) is 11.8 Å². The molecule has 12 heavy (non-hydrogen) atoms. The van der Waals surface area contributed by atoms with Crippen molar-refractivity contribution >= 4 is 12.4 Å². The van der Waals surface area contributed by atoms with E-state index in [1.165, 1.54) is 0 Å². The third-order valence-electron chi connectivity index (χ3n) is 1.58. The van der Waals surface area contributed by atoms with Crippen molar-refractivity contribution in [3.05, 3.63) is 23.5 Å². The Morgan fingerprint density at radius 3 is 2.92 bits per heavy atom. The van der Waals surface area contributed by atoms with Crippen molar-refractivity contribution in [2.45, 2.75) is 13.3 Å². The predicted octanol–water partition coefficient (Wildman–Crippen LogP) is 1.33. The fraction of sp³-hybridized carbons (Fsp3) is 0.333. The van der Waals surface area contributed by atoms with Crippen molar-refractivity contribution in [1.82, 2.24) is 9.78 Å². The number of carbonyl (C=O) groups is 1. The molecular formula is C9H12N2O. The van der Waals surface area contributed by atoms with Crippen molar-refractivity contribution in [2.24, 2.45) is 7.05 Å². The molecule has 1 rings (SSSR count). The zero-order valence-corrected chi connectivity index (χ0v) is 7.32. The van der Waals surface area contributed by atoms with Gasteiger partial charge in [0.15, 0.2) is 0 Å². The van der Waals surface area contributed by atoms with Gasteiger partial charge in [-0.2, -0.15) is 5.10 Å². The molecule has 3 nitrogen and oxygen atoms in total. The van der Waals surface area contributed by atoms with Gasteiger partial charge in [0.05, 0.1) is 5.69 Å². The van der Waals surface area contributed by atoms with Gasteiger partial charge in [0, 0.05) is 25.2 Å². The predicted molar refractivity (Wildman–Crippen MR) is 47.7 cm³/mol. The summed E-state index contributed by atoms with van der Waals surface area (Å²) in [5.41, 5.74) is 2.05. The average molecular weight is 164 g/mol. The number of aromatic nitrogens is 2. The first kappa shape index (κ1) is 8.71. The smallest absolute Gasteiger partial charge is 0.123 e. The minimum atomic E-state index is 0.467. The van der Waals surface area contributed by atoms with Crippen LogP contribution in [0.5, 0.6) is 0 Å². The Morgan fingerprint density at radius 2 is 2.42 bits per heavy atom. The standard InChI is InChI=1S/C9H12N2O/c1-8-9(5-3-4-6-12)7-11(2)10-8/h3,5-7H,4H2,1-2H3. The van der Waals surface area contributed by atoms with Crippen LogP contribution in [0, 0.1) is 6.92 Å². The summed E-state index contributed by atoms with van der Waals surface area (Å²) in [5.74, 6) is 0.